The number of hydrogen-bond donors (Lipinski definition) is 2. The number of benzene rings is 1. The molecule has 3 aromatic heterocycles. The zero-order chi connectivity index (χ0) is 23.9. The first-order valence-electron chi connectivity index (χ1n) is 12.9. The lowest BCUT2D eigenvalue weighted by atomic mass is 9.79. The van der Waals surface area contributed by atoms with E-state index < -0.39 is 0 Å². The number of nitrogens with one attached hydrogen (secondary N) is 1. The van der Waals surface area contributed by atoms with E-state index in [0.29, 0.717) is 12.1 Å². The molecule has 7 heterocycles. The van der Waals surface area contributed by atoms with Crippen LogP contribution in [0.15, 0.2) is 48.8 Å². The molecule has 9 nitrogen and oxygen atoms in total. The van der Waals surface area contributed by atoms with E-state index in [1.165, 1.54) is 0 Å². The molecular weight excluding hydrogens is 452 g/mol. The molecule has 1 aromatic carbocycles. The molecule has 4 aliphatic heterocycles. The van der Waals surface area contributed by atoms with E-state index in [-0.39, 0.29) is 11.6 Å². The van der Waals surface area contributed by atoms with Crippen molar-refractivity contribution in [3.05, 3.63) is 60.0 Å². The van der Waals surface area contributed by atoms with E-state index >= 15 is 0 Å². The van der Waals surface area contributed by atoms with E-state index in [1.807, 2.05) is 36.7 Å². The summed E-state index contributed by atoms with van der Waals surface area (Å²) in [4.78, 5) is 19.1. The number of piperidine rings is 1. The number of fused-ring (bicyclic) bond motifs is 5. The molecule has 4 aliphatic rings. The minimum atomic E-state index is -0.333. The average molecular weight is 481 g/mol. The smallest absolute Gasteiger partial charge is 0.183 e. The third-order valence-electron chi connectivity index (χ3n) is 8.63. The lowest BCUT2D eigenvalue weighted by molar-refractivity contribution is 0.0272. The van der Waals surface area contributed by atoms with Crippen LogP contribution in [0.3, 0.4) is 0 Å². The van der Waals surface area contributed by atoms with Crippen molar-refractivity contribution in [1.29, 1.82) is 0 Å². The van der Waals surface area contributed by atoms with Crippen molar-refractivity contribution in [2.45, 2.75) is 62.3 Å². The van der Waals surface area contributed by atoms with Crippen molar-refractivity contribution in [2.24, 2.45) is 5.73 Å². The number of pyridine rings is 1. The second-order valence-electron chi connectivity index (χ2n) is 10.6. The summed E-state index contributed by atoms with van der Waals surface area (Å²) in [5.41, 5.74) is 11.3. The molecule has 0 aliphatic carbocycles. The Morgan fingerprint density at radius 1 is 1.06 bits per heavy atom. The van der Waals surface area contributed by atoms with Crippen molar-refractivity contribution >= 4 is 28.5 Å². The van der Waals surface area contributed by atoms with Crippen LogP contribution >= 0.6 is 0 Å². The van der Waals surface area contributed by atoms with Gasteiger partial charge in [0.25, 0.3) is 0 Å². The van der Waals surface area contributed by atoms with Gasteiger partial charge in [0.2, 0.25) is 0 Å². The highest BCUT2D eigenvalue weighted by Gasteiger charge is 2.56. The highest BCUT2D eigenvalue weighted by atomic mass is 16.5. The van der Waals surface area contributed by atoms with Gasteiger partial charge in [-0.25, -0.2) is 9.97 Å². The minimum absolute atomic E-state index is 0.0930. The third-order valence-corrected chi connectivity index (χ3v) is 8.63. The molecule has 0 radical (unpaired) electrons. The van der Waals surface area contributed by atoms with E-state index in [0.717, 1.165) is 90.6 Å². The van der Waals surface area contributed by atoms with Gasteiger partial charge in [0.1, 0.15) is 17.2 Å². The fourth-order valence-electron chi connectivity index (χ4n) is 7.06. The SMILES string of the molecule is N[C@@H]1c2ccccc2OC12CC1CCC(C2)N1c1cnc2c(N3CCCc4ncccc43)n[nH]c2n1. The standard InChI is InChI=1S/C27H28N8O/c28-24-18-5-1-2-8-21(18)36-27(24)13-16-9-10-17(14-27)35(16)22-15-30-23-25(31-22)32-33-26(23)34-12-4-6-19-20(34)7-3-11-29-19/h1-3,5,7-8,11,15-17,24H,4,6,9-10,12-14,28H2,(H,31,32,33)/t16?,17?,24-,27?/m1/s1. The molecule has 0 amide bonds. The molecule has 2 fully saturated rings. The summed E-state index contributed by atoms with van der Waals surface area (Å²) in [6.45, 7) is 0.892. The van der Waals surface area contributed by atoms with Crippen LogP contribution in [0.4, 0.5) is 17.3 Å². The summed E-state index contributed by atoms with van der Waals surface area (Å²) in [5, 5.41) is 7.80. The highest BCUT2D eigenvalue weighted by Crippen LogP contribution is 2.53. The van der Waals surface area contributed by atoms with Gasteiger partial charge >= 0.3 is 0 Å². The van der Waals surface area contributed by atoms with Gasteiger partial charge in [-0.05, 0) is 43.9 Å². The van der Waals surface area contributed by atoms with E-state index in [9.17, 15) is 0 Å². The van der Waals surface area contributed by atoms with E-state index in [1.54, 1.807) is 0 Å². The predicted molar refractivity (Wildman–Crippen MR) is 137 cm³/mol. The topological polar surface area (TPSA) is 109 Å². The quantitative estimate of drug-likeness (QED) is 0.446. The lowest BCUT2D eigenvalue weighted by Crippen LogP contribution is -2.56. The van der Waals surface area contributed by atoms with Gasteiger partial charge in [-0.3, -0.25) is 10.1 Å². The van der Waals surface area contributed by atoms with Crippen LogP contribution in [0.25, 0.3) is 11.2 Å². The second-order valence-corrected chi connectivity index (χ2v) is 10.6. The molecule has 3 atom stereocenters. The van der Waals surface area contributed by atoms with Crippen LogP contribution in [0.5, 0.6) is 5.75 Å². The summed E-state index contributed by atoms with van der Waals surface area (Å²) in [6.07, 6.45) is 9.82. The summed E-state index contributed by atoms with van der Waals surface area (Å²) in [6, 6.07) is 12.9. The molecule has 3 N–H and O–H groups in total. The Morgan fingerprint density at radius 2 is 1.92 bits per heavy atom. The lowest BCUT2D eigenvalue weighted by Gasteiger charge is -2.46. The first-order valence-corrected chi connectivity index (χ1v) is 12.9. The van der Waals surface area contributed by atoms with Gasteiger partial charge in [-0.15, -0.1) is 0 Å². The summed E-state index contributed by atoms with van der Waals surface area (Å²) < 4.78 is 6.57. The first-order chi connectivity index (χ1) is 17.7. The monoisotopic (exact) mass is 480 g/mol. The molecule has 0 saturated carbocycles. The van der Waals surface area contributed by atoms with Gasteiger partial charge in [0.05, 0.1) is 23.6 Å². The Labute approximate surface area is 208 Å². The van der Waals surface area contributed by atoms with Gasteiger partial charge in [-0.1, -0.05) is 18.2 Å². The van der Waals surface area contributed by atoms with Crippen LogP contribution in [-0.4, -0.2) is 49.4 Å². The second kappa shape index (κ2) is 7.39. The molecule has 9 heteroatoms. The van der Waals surface area contributed by atoms with Crippen molar-refractivity contribution < 1.29 is 4.74 Å². The largest absolute Gasteiger partial charge is 0.485 e. The normalized spacial score (nSPS) is 28.4. The maximum atomic E-state index is 6.78. The number of aromatic amines is 1. The van der Waals surface area contributed by atoms with Crippen LogP contribution in [0.2, 0.25) is 0 Å². The maximum absolute atomic E-state index is 6.78. The zero-order valence-corrected chi connectivity index (χ0v) is 20.0. The Balaban J connectivity index is 1.10. The molecule has 8 rings (SSSR count). The summed E-state index contributed by atoms with van der Waals surface area (Å²) in [5.74, 6) is 2.67. The number of nitrogens with two attached hydrogens (primary N) is 1. The van der Waals surface area contributed by atoms with Gasteiger partial charge in [-0.2, -0.15) is 5.10 Å². The van der Waals surface area contributed by atoms with Gasteiger partial charge in [0, 0.05) is 43.2 Å². The Hall–Kier alpha value is -3.72. The third kappa shape index (κ3) is 2.80. The zero-order valence-electron chi connectivity index (χ0n) is 20.0. The van der Waals surface area contributed by atoms with E-state index in [4.69, 9.17) is 20.4 Å². The van der Waals surface area contributed by atoms with Crippen LogP contribution in [-0.2, 0) is 6.42 Å². The van der Waals surface area contributed by atoms with Crippen molar-refractivity contribution in [1.82, 2.24) is 25.1 Å². The van der Waals surface area contributed by atoms with Crippen LogP contribution in [0.1, 0.15) is 49.4 Å². The van der Waals surface area contributed by atoms with Crippen molar-refractivity contribution in [3.8, 4) is 5.75 Å². The fraction of sp³-hybridized carbons (Fsp3) is 0.407. The van der Waals surface area contributed by atoms with Crippen molar-refractivity contribution in [2.75, 3.05) is 16.3 Å². The number of para-hydroxylation sites is 1. The Kier molecular flexibility index (Phi) is 4.20. The van der Waals surface area contributed by atoms with Gasteiger partial charge in [0.15, 0.2) is 17.0 Å². The highest BCUT2D eigenvalue weighted by molar-refractivity contribution is 5.87. The number of hydrogen-bond acceptors (Lipinski definition) is 8. The Morgan fingerprint density at radius 3 is 2.78 bits per heavy atom. The average Bonchev–Trinajstić information content (AvgIpc) is 3.54. The molecule has 2 saturated heterocycles. The van der Waals surface area contributed by atoms with Gasteiger partial charge < -0.3 is 20.3 Å². The molecule has 2 bridgehead atoms. The number of rotatable bonds is 2. The predicted octanol–water partition coefficient (Wildman–Crippen LogP) is 3.79. The molecular formula is C27H28N8O. The number of aromatic nitrogens is 5. The number of H-pyrrole nitrogens is 1. The Bertz CT molecular complexity index is 1470. The van der Waals surface area contributed by atoms with E-state index in [2.05, 4.69) is 37.1 Å². The van der Waals surface area contributed by atoms with Crippen LogP contribution in [0, 0.1) is 0 Å². The first kappa shape index (κ1) is 20.5. The molecule has 4 aromatic rings. The number of aryl methyl sites for hydroxylation is 1. The summed E-state index contributed by atoms with van der Waals surface area (Å²) in [7, 11) is 0. The number of nitrogens with zero attached hydrogens (tertiary/aromatic N) is 6. The number of ether oxygens (including phenoxy) is 1. The maximum Gasteiger partial charge on any atom is 0.183 e. The molecule has 36 heavy (non-hydrogen) atoms. The minimum Gasteiger partial charge on any atom is -0.485 e. The number of anilines is 3. The molecule has 1 spiro atoms. The molecule has 182 valence electrons. The van der Waals surface area contributed by atoms with Crippen LogP contribution < -0.4 is 20.3 Å². The summed E-state index contributed by atoms with van der Waals surface area (Å²) >= 11 is 0. The molecule has 2 unspecified atom stereocenters. The fourth-order valence-corrected chi connectivity index (χ4v) is 7.06. The van der Waals surface area contributed by atoms with Crippen molar-refractivity contribution in [3.63, 3.8) is 0 Å².